The number of para-hydroxylation sites is 2. The van der Waals surface area contributed by atoms with Crippen LogP contribution in [-0.4, -0.2) is 77.1 Å². The van der Waals surface area contributed by atoms with Crippen molar-refractivity contribution in [3.63, 3.8) is 0 Å². The number of benzene rings is 2. The first-order valence-electron chi connectivity index (χ1n) is 11.1. The Morgan fingerprint density at radius 3 is 2.49 bits per heavy atom. The van der Waals surface area contributed by atoms with Crippen molar-refractivity contribution in [1.82, 2.24) is 29.8 Å². The van der Waals surface area contributed by atoms with Crippen molar-refractivity contribution in [2.24, 2.45) is 0 Å². The summed E-state index contributed by atoms with van der Waals surface area (Å²) in [6.07, 6.45) is -2.71. The van der Waals surface area contributed by atoms with E-state index in [4.69, 9.17) is 9.47 Å². The van der Waals surface area contributed by atoms with E-state index in [0.29, 0.717) is 11.4 Å². The largest absolute Gasteiger partial charge is 0.495 e. The van der Waals surface area contributed by atoms with Crippen LogP contribution in [-0.2, 0) is 4.74 Å². The van der Waals surface area contributed by atoms with E-state index in [1.807, 2.05) is 0 Å². The number of methoxy groups -OCH3 is 1. The summed E-state index contributed by atoms with van der Waals surface area (Å²) in [7, 11) is 1.49. The van der Waals surface area contributed by atoms with Gasteiger partial charge in [0.1, 0.15) is 48.2 Å². The van der Waals surface area contributed by atoms with Crippen LogP contribution in [0.4, 0.5) is 13.2 Å². The van der Waals surface area contributed by atoms with E-state index < -0.39 is 54.5 Å². The Hall–Kier alpha value is -3.85. The predicted octanol–water partition coefficient (Wildman–Crippen LogP) is 1.35. The van der Waals surface area contributed by atoms with Crippen LogP contribution in [0.5, 0.6) is 5.75 Å². The number of hydrogen-bond donors (Lipinski definition) is 3. The van der Waals surface area contributed by atoms with Crippen molar-refractivity contribution >= 4 is 0 Å². The Bertz CT molecular complexity index is 1390. The minimum atomic E-state index is -1.63. The molecule has 194 valence electrons. The lowest BCUT2D eigenvalue weighted by Crippen LogP contribution is -2.53. The summed E-state index contributed by atoms with van der Waals surface area (Å²) in [4.78, 5) is 0. The monoisotopic (exact) mass is 518 g/mol. The van der Waals surface area contributed by atoms with Gasteiger partial charge in [-0.1, -0.05) is 17.3 Å². The van der Waals surface area contributed by atoms with Crippen LogP contribution in [0.15, 0.2) is 48.9 Å². The molecule has 0 saturated carbocycles. The fraction of sp³-hybridized carbons (Fsp3) is 0.304. The predicted molar refractivity (Wildman–Crippen MR) is 119 cm³/mol. The quantitative estimate of drug-likeness (QED) is 0.323. The van der Waals surface area contributed by atoms with Crippen LogP contribution in [0.3, 0.4) is 0 Å². The van der Waals surface area contributed by atoms with Gasteiger partial charge in [0, 0.05) is 5.56 Å². The van der Waals surface area contributed by atoms with E-state index in [2.05, 4.69) is 20.5 Å². The number of ether oxygens (including phenoxy) is 2. The highest BCUT2D eigenvalue weighted by atomic mass is 19.2. The molecule has 11 nitrogen and oxygen atoms in total. The van der Waals surface area contributed by atoms with Crippen molar-refractivity contribution in [3.05, 3.63) is 72.2 Å². The van der Waals surface area contributed by atoms with Gasteiger partial charge in [-0.25, -0.2) is 17.9 Å². The molecule has 37 heavy (non-hydrogen) atoms. The molecule has 2 aromatic carbocycles. The molecule has 14 heteroatoms. The van der Waals surface area contributed by atoms with Gasteiger partial charge in [-0.2, -0.15) is 0 Å². The van der Waals surface area contributed by atoms with Crippen molar-refractivity contribution in [1.29, 1.82) is 0 Å². The Balaban J connectivity index is 1.53. The third-order valence-electron chi connectivity index (χ3n) is 6.16. The minimum Gasteiger partial charge on any atom is -0.495 e. The molecule has 4 aromatic rings. The van der Waals surface area contributed by atoms with Gasteiger partial charge in [0.05, 0.1) is 25.6 Å². The zero-order valence-electron chi connectivity index (χ0n) is 19.2. The van der Waals surface area contributed by atoms with E-state index in [-0.39, 0.29) is 17.1 Å². The minimum absolute atomic E-state index is 0.0435. The van der Waals surface area contributed by atoms with Crippen molar-refractivity contribution in [2.45, 2.75) is 30.5 Å². The smallest absolute Gasteiger partial charge is 0.194 e. The standard InChI is InChI=1S/C23H21F3N6O5/c1-36-16-5-3-2-4-15(16)31-10-27-29-23(31)22-21(35)19(20(34)17(9-33)37-22)32-8-14(28-30-32)11-6-12(24)18(26)13(25)7-11/h2-8,10,17,19-22,33-35H,9H2,1H3/t17-,19+,20+,21-,22-/m1/s1. The number of aliphatic hydroxyl groups is 3. The first-order chi connectivity index (χ1) is 17.8. The maximum atomic E-state index is 13.7. The van der Waals surface area contributed by atoms with Gasteiger partial charge in [0.25, 0.3) is 0 Å². The summed E-state index contributed by atoms with van der Waals surface area (Å²) in [5.74, 6) is -3.81. The third kappa shape index (κ3) is 4.33. The average Bonchev–Trinajstić information content (AvgIpc) is 3.58. The molecule has 0 aliphatic carbocycles. The molecule has 2 aromatic heterocycles. The highest BCUT2D eigenvalue weighted by molar-refractivity contribution is 5.58. The van der Waals surface area contributed by atoms with Gasteiger partial charge in [-0.15, -0.1) is 15.3 Å². The number of halogens is 3. The topological polar surface area (TPSA) is 141 Å². The molecule has 5 rings (SSSR count). The van der Waals surface area contributed by atoms with Gasteiger partial charge in [-0.3, -0.25) is 4.57 Å². The second-order valence-corrected chi connectivity index (χ2v) is 8.32. The van der Waals surface area contributed by atoms with Gasteiger partial charge < -0.3 is 24.8 Å². The van der Waals surface area contributed by atoms with E-state index in [1.54, 1.807) is 24.3 Å². The number of nitrogens with zero attached hydrogens (tertiary/aromatic N) is 6. The van der Waals surface area contributed by atoms with Crippen LogP contribution in [0.2, 0.25) is 0 Å². The molecule has 0 bridgehead atoms. The Morgan fingerprint density at radius 2 is 1.78 bits per heavy atom. The fourth-order valence-corrected chi connectivity index (χ4v) is 4.34. The van der Waals surface area contributed by atoms with E-state index in [9.17, 15) is 28.5 Å². The first kappa shape index (κ1) is 24.8. The molecular weight excluding hydrogens is 497 g/mol. The summed E-state index contributed by atoms with van der Waals surface area (Å²) in [5.41, 5.74) is 0.398. The Kier molecular flexibility index (Phi) is 6.64. The molecular formula is C23H21F3N6O5. The third-order valence-corrected chi connectivity index (χ3v) is 6.16. The number of aliphatic hydroxyl groups excluding tert-OH is 3. The molecule has 3 N–H and O–H groups in total. The maximum absolute atomic E-state index is 13.7. The summed E-state index contributed by atoms with van der Waals surface area (Å²) < 4.78 is 54.7. The Labute approximate surface area is 207 Å². The molecule has 0 amide bonds. The van der Waals surface area contributed by atoms with E-state index in [1.165, 1.54) is 24.2 Å². The lowest BCUT2D eigenvalue weighted by molar-refractivity contribution is -0.210. The van der Waals surface area contributed by atoms with Gasteiger partial charge in [-0.05, 0) is 24.3 Å². The molecule has 0 radical (unpaired) electrons. The summed E-state index contributed by atoms with van der Waals surface area (Å²) in [5, 5.41) is 47.8. The molecule has 5 atom stereocenters. The van der Waals surface area contributed by atoms with Crippen LogP contribution < -0.4 is 4.74 Å². The summed E-state index contributed by atoms with van der Waals surface area (Å²) >= 11 is 0. The number of hydrogen-bond acceptors (Lipinski definition) is 9. The molecule has 1 aliphatic rings. The van der Waals surface area contributed by atoms with Gasteiger partial charge in [0.2, 0.25) is 0 Å². The number of rotatable bonds is 6. The zero-order chi connectivity index (χ0) is 26.3. The highest BCUT2D eigenvalue weighted by Gasteiger charge is 2.48. The highest BCUT2D eigenvalue weighted by Crippen LogP contribution is 2.39. The molecule has 0 spiro atoms. The lowest BCUT2D eigenvalue weighted by Gasteiger charge is -2.41. The molecule has 1 saturated heterocycles. The molecule has 1 aliphatic heterocycles. The SMILES string of the molecule is COc1ccccc1-n1cnnc1[C@@H]1O[C@H](CO)[C@H](O)[C@H](n2cc(-c3cc(F)c(F)c(F)c3)nn2)[C@H]1O. The van der Waals surface area contributed by atoms with E-state index in [0.717, 1.165) is 16.8 Å². The second kappa shape index (κ2) is 9.89. The maximum Gasteiger partial charge on any atom is 0.194 e. The number of aromatic nitrogens is 6. The second-order valence-electron chi connectivity index (χ2n) is 8.32. The summed E-state index contributed by atoms with van der Waals surface area (Å²) in [6, 6.07) is 7.27. The lowest BCUT2D eigenvalue weighted by atomic mass is 9.92. The molecule has 0 unspecified atom stereocenters. The summed E-state index contributed by atoms with van der Waals surface area (Å²) in [6.45, 7) is -0.611. The van der Waals surface area contributed by atoms with Gasteiger partial charge >= 0.3 is 0 Å². The molecule has 3 heterocycles. The fourth-order valence-electron chi connectivity index (χ4n) is 4.34. The van der Waals surface area contributed by atoms with Crippen LogP contribution in [0.25, 0.3) is 16.9 Å². The molecule has 1 fully saturated rings. The average molecular weight is 518 g/mol. The van der Waals surface area contributed by atoms with Crippen LogP contribution in [0, 0.1) is 17.5 Å². The van der Waals surface area contributed by atoms with Crippen molar-refractivity contribution in [3.8, 4) is 22.7 Å². The zero-order valence-corrected chi connectivity index (χ0v) is 19.2. The van der Waals surface area contributed by atoms with Crippen molar-refractivity contribution in [2.75, 3.05) is 13.7 Å². The van der Waals surface area contributed by atoms with E-state index >= 15 is 0 Å². The normalized spacial score (nSPS) is 23.8. The first-order valence-corrected chi connectivity index (χ1v) is 11.1. The van der Waals surface area contributed by atoms with Crippen LogP contribution >= 0.6 is 0 Å². The van der Waals surface area contributed by atoms with Crippen molar-refractivity contribution < 1.29 is 38.0 Å². The van der Waals surface area contributed by atoms with Crippen LogP contribution in [0.1, 0.15) is 18.0 Å². The van der Waals surface area contributed by atoms with Gasteiger partial charge in [0.15, 0.2) is 23.3 Å². The Morgan fingerprint density at radius 1 is 1.05 bits per heavy atom.